The molecular formula is C13H22N2O3S2. The van der Waals surface area contributed by atoms with Crippen LogP contribution in [0.15, 0.2) is 21.6 Å². The third-order valence-electron chi connectivity index (χ3n) is 3.11. The SMILES string of the molecule is CC(C)NCc1ccc(S(=O)(=O)NCC2CCCS2)o1. The van der Waals surface area contributed by atoms with Crippen molar-refractivity contribution >= 4 is 21.8 Å². The summed E-state index contributed by atoms with van der Waals surface area (Å²) in [5, 5.41) is 3.58. The van der Waals surface area contributed by atoms with Crippen molar-refractivity contribution in [2.45, 2.75) is 49.6 Å². The van der Waals surface area contributed by atoms with Gasteiger partial charge < -0.3 is 9.73 Å². The first kappa shape index (κ1) is 15.9. The number of thioether (sulfide) groups is 1. The van der Waals surface area contributed by atoms with Gasteiger partial charge in [-0.1, -0.05) is 13.8 Å². The highest BCUT2D eigenvalue weighted by Crippen LogP contribution is 2.25. The molecule has 0 bridgehead atoms. The van der Waals surface area contributed by atoms with Gasteiger partial charge in [0.25, 0.3) is 10.0 Å². The van der Waals surface area contributed by atoms with Crippen LogP contribution in [0.3, 0.4) is 0 Å². The summed E-state index contributed by atoms with van der Waals surface area (Å²) < 4.78 is 32.2. The standard InChI is InChI=1S/C13H22N2O3S2/c1-10(2)14-8-11-5-6-13(18-11)20(16,17)15-9-12-4-3-7-19-12/h5-6,10,12,14-15H,3-4,7-9H2,1-2H3. The van der Waals surface area contributed by atoms with Crippen LogP contribution in [0, 0.1) is 0 Å². The minimum Gasteiger partial charge on any atom is -0.447 e. The number of hydrogen-bond acceptors (Lipinski definition) is 5. The van der Waals surface area contributed by atoms with E-state index >= 15 is 0 Å². The van der Waals surface area contributed by atoms with Crippen LogP contribution in [0.1, 0.15) is 32.4 Å². The summed E-state index contributed by atoms with van der Waals surface area (Å²) in [4.78, 5) is 0. The predicted octanol–water partition coefficient (Wildman–Crippen LogP) is 1.95. The van der Waals surface area contributed by atoms with Gasteiger partial charge in [-0.05, 0) is 30.7 Å². The average Bonchev–Trinajstić information content (AvgIpc) is 3.05. The molecule has 0 amide bonds. The zero-order valence-electron chi connectivity index (χ0n) is 11.9. The Kier molecular flexibility index (Phi) is 5.54. The van der Waals surface area contributed by atoms with Crippen LogP contribution in [-0.4, -0.2) is 32.0 Å². The lowest BCUT2D eigenvalue weighted by Gasteiger charge is -2.09. The molecule has 0 aromatic carbocycles. The molecule has 0 radical (unpaired) electrons. The lowest BCUT2D eigenvalue weighted by molar-refractivity contribution is 0.393. The lowest BCUT2D eigenvalue weighted by Crippen LogP contribution is -2.29. The maximum atomic E-state index is 12.1. The summed E-state index contributed by atoms with van der Waals surface area (Å²) in [5.41, 5.74) is 0. The van der Waals surface area contributed by atoms with E-state index in [0.29, 0.717) is 30.1 Å². The molecule has 7 heteroatoms. The molecule has 1 fully saturated rings. The zero-order valence-corrected chi connectivity index (χ0v) is 13.5. The molecule has 1 aromatic rings. The fraction of sp³-hybridized carbons (Fsp3) is 0.692. The second-order valence-electron chi connectivity index (χ2n) is 5.24. The van der Waals surface area contributed by atoms with Gasteiger partial charge in [0.15, 0.2) is 0 Å². The normalized spacial score (nSPS) is 19.9. The van der Waals surface area contributed by atoms with Gasteiger partial charge in [-0.15, -0.1) is 0 Å². The Labute approximate surface area is 124 Å². The Hall–Kier alpha value is -0.500. The van der Waals surface area contributed by atoms with Crippen LogP contribution < -0.4 is 10.0 Å². The molecule has 2 heterocycles. The zero-order chi connectivity index (χ0) is 14.6. The van der Waals surface area contributed by atoms with Gasteiger partial charge in [-0.25, -0.2) is 13.1 Å². The van der Waals surface area contributed by atoms with Gasteiger partial charge in [0.2, 0.25) is 5.09 Å². The molecule has 1 aliphatic rings. The molecule has 1 unspecified atom stereocenters. The average molecular weight is 318 g/mol. The van der Waals surface area contributed by atoms with E-state index in [9.17, 15) is 8.42 Å². The van der Waals surface area contributed by atoms with Crippen LogP contribution in [0.5, 0.6) is 0 Å². The molecule has 0 aliphatic carbocycles. The van der Waals surface area contributed by atoms with E-state index in [1.807, 2.05) is 25.6 Å². The molecule has 114 valence electrons. The van der Waals surface area contributed by atoms with Crippen molar-refractivity contribution in [2.24, 2.45) is 0 Å². The first-order chi connectivity index (χ1) is 9.47. The van der Waals surface area contributed by atoms with Gasteiger partial charge in [0.1, 0.15) is 5.76 Å². The van der Waals surface area contributed by atoms with E-state index in [4.69, 9.17) is 4.42 Å². The third kappa shape index (κ3) is 4.51. The summed E-state index contributed by atoms with van der Waals surface area (Å²) in [6, 6.07) is 3.55. The van der Waals surface area contributed by atoms with Crippen LogP contribution >= 0.6 is 11.8 Å². The molecule has 1 aromatic heterocycles. The number of rotatable bonds is 7. The molecule has 2 rings (SSSR count). The number of nitrogens with one attached hydrogen (secondary N) is 2. The molecule has 20 heavy (non-hydrogen) atoms. The smallest absolute Gasteiger partial charge is 0.273 e. The van der Waals surface area contributed by atoms with Crippen molar-refractivity contribution < 1.29 is 12.8 Å². The number of sulfonamides is 1. The van der Waals surface area contributed by atoms with Gasteiger partial charge >= 0.3 is 0 Å². The van der Waals surface area contributed by atoms with Crippen LogP contribution in [0.2, 0.25) is 0 Å². The minimum atomic E-state index is -3.52. The highest BCUT2D eigenvalue weighted by atomic mass is 32.2. The van der Waals surface area contributed by atoms with Crippen LogP contribution in [0.25, 0.3) is 0 Å². The molecule has 5 nitrogen and oxygen atoms in total. The highest BCUT2D eigenvalue weighted by molar-refractivity contribution is 8.00. The Morgan fingerprint density at radius 2 is 2.25 bits per heavy atom. The first-order valence-corrected chi connectivity index (χ1v) is 9.44. The number of furan rings is 1. The van der Waals surface area contributed by atoms with Crippen molar-refractivity contribution in [2.75, 3.05) is 12.3 Å². The van der Waals surface area contributed by atoms with E-state index in [1.165, 1.54) is 12.5 Å². The van der Waals surface area contributed by atoms with Crippen LogP contribution in [-0.2, 0) is 16.6 Å². The lowest BCUT2D eigenvalue weighted by atomic mass is 10.2. The van der Waals surface area contributed by atoms with E-state index in [0.717, 1.165) is 12.2 Å². The molecule has 0 spiro atoms. The number of hydrogen-bond donors (Lipinski definition) is 2. The van der Waals surface area contributed by atoms with E-state index in [-0.39, 0.29) is 5.09 Å². The maximum absolute atomic E-state index is 12.1. The van der Waals surface area contributed by atoms with E-state index < -0.39 is 10.0 Å². The molecule has 1 atom stereocenters. The second kappa shape index (κ2) is 6.98. The Balaban J connectivity index is 1.91. The van der Waals surface area contributed by atoms with Crippen molar-refractivity contribution in [3.05, 3.63) is 17.9 Å². The van der Waals surface area contributed by atoms with Gasteiger partial charge in [-0.3, -0.25) is 0 Å². The van der Waals surface area contributed by atoms with Gasteiger partial charge in [0, 0.05) is 17.8 Å². The minimum absolute atomic E-state index is 0.000975. The van der Waals surface area contributed by atoms with Crippen molar-refractivity contribution in [1.29, 1.82) is 0 Å². The Bertz CT molecular complexity index is 519. The summed E-state index contributed by atoms with van der Waals surface area (Å²) in [7, 11) is -3.52. The monoisotopic (exact) mass is 318 g/mol. The summed E-state index contributed by atoms with van der Waals surface area (Å²) in [6.45, 7) is 5.07. The largest absolute Gasteiger partial charge is 0.447 e. The highest BCUT2D eigenvalue weighted by Gasteiger charge is 2.22. The first-order valence-electron chi connectivity index (χ1n) is 6.91. The van der Waals surface area contributed by atoms with Gasteiger partial charge in [0.05, 0.1) is 6.54 Å². The second-order valence-corrected chi connectivity index (χ2v) is 8.35. The molecular weight excluding hydrogens is 296 g/mol. The summed E-state index contributed by atoms with van der Waals surface area (Å²) >= 11 is 1.83. The molecule has 0 saturated carbocycles. The summed E-state index contributed by atoms with van der Waals surface area (Å²) in [6.07, 6.45) is 2.25. The summed E-state index contributed by atoms with van der Waals surface area (Å²) in [5.74, 6) is 1.76. The fourth-order valence-electron chi connectivity index (χ4n) is 1.98. The topological polar surface area (TPSA) is 71.3 Å². The van der Waals surface area contributed by atoms with E-state index in [2.05, 4.69) is 10.0 Å². The van der Waals surface area contributed by atoms with Crippen LogP contribution in [0.4, 0.5) is 0 Å². The molecule has 1 aliphatic heterocycles. The Morgan fingerprint density at radius 3 is 2.90 bits per heavy atom. The van der Waals surface area contributed by atoms with E-state index in [1.54, 1.807) is 6.07 Å². The van der Waals surface area contributed by atoms with Crippen molar-refractivity contribution in [3.8, 4) is 0 Å². The van der Waals surface area contributed by atoms with Crippen molar-refractivity contribution in [3.63, 3.8) is 0 Å². The predicted molar refractivity (Wildman–Crippen MR) is 81.4 cm³/mol. The third-order valence-corrected chi connectivity index (χ3v) is 5.81. The maximum Gasteiger partial charge on any atom is 0.273 e. The Morgan fingerprint density at radius 1 is 1.45 bits per heavy atom. The van der Waals surface area contributed by atoms with Crippen molar-refractivity contribution in [1.82, 2.24) is 10.0 Å². The van der Waals surface area contributed by atoms with Gasteiger partial charge in [-0.2, -0.15) is 11.8 Å². The molecule has 1 saturated heterocycles. The fourth-order valence-corrected chi connectivity index (χ4v) is 4.31. The quantitative estimate of drug-likeness (QED) is 0.804. The molecule has 2 N–H and O–H groups in total.